The van der Waals surface area contributed by atoms with Gasteiger partial charge in [0.15, 0.2) is 5.96 Å². The van der Waals surface area contributed by atoms with Crippen LogP contribution in [-0.4, -0.2) is 37.7 Å². The maximum Gasteiger partial charge on any atom is 0.191 e. The lowest BCUT2D eigenvalue weighted by Crippen LogP contribution is -2.54. The van der Waals surface area contributed by atoms with Crippen molar-refractivity contribution in [2.45, 2.75) is 25.3 Å². The van der Waals surface area contributed by atoms with Crippen molar-refractivity contribution in [3.05, 3.63) is 0 Å². The Kier molecular flexibility index (Phi) is 2.40. The number of aliphatic imine (C=N–C) groups is 1. The minimum Gasteiger partial charge on any atom is -0.355 e. The number of nitrogens with zero attached hydrogens (tertiary/aromatic N) is 1. The zero-order valence-electron chi connectivity index (χ0n) is 8.19. The number of guanidine groups is 1. The van der Waals surface area contributed by atoms with Gasteiger partial charge in [0.1, 0.15) is 0 Å². The molecule has 0 aromatic heterocycles. The Labute approximate surface area is 79.2 Å². The monoisotopic (exact) mass is 182 g/mol. The summed E-state index contributed by atoms with van der Waals surface area (Å²) in [5, 5.41) is 10.1. The molecular formula is C9H18N4. The summed E-state index contributed by atoms with van der Waals surface area (Å²) in [4.78, 5) is 4.35. The van der Waals surface area contributed by atoms with Crippen molar-refractivity contribution >= 4 is 5.96 Å². The maximum absolute atomic E-state index is 4.35. The molecule has 2 heterocycles. The molecule has 0 aromatic carbocycles. The largest absolute Gasteiger partial charge is 0.355 e. The molecule has 0 spiro atoms. The lowest BCUT2D eigenvalue weighted by atomic mass is 9.91. The van der Waals surface area contributed by atoms with Gasteiger partial charge in [0.05, 0.1) is 6.54 Å². The first-order valence-electron chi connectivity index (χ1n) is 5.06. The van der Waals surface area contributed by atoms with Crippen LogP contribution in [0, 0.1) is 0 Å². The second kappa shape index (κ2) is 3.54. The first-order chi connectivity index (χ1) is 6.29. The van der Waals surface area contributed by atoms with E-state index in [1.165, 1.54) is 12.8 Å². The minimum absolute atomic E-state index is 0.238. The van der Waals surface area contributed by atoms with Gasteiger partial charge in [-0.2, -0.15) is 0 Å². The smallest absolute Gasteiger partial charge is 0.191 e. The molecule has 2 aliphatic rings. The van der Waals surface area contributed by atoms with Gasteiger partial charge in [0.25, 0.3) is 0 Å². The third kappa shape index (κ3) is 2.12. The van der Waals surface area contributed by atoms with Gasteiger partial charge in [0.2, 0.25) is 0 Å². The van der Waals surface area contributed by atoms with Gasteiger partial charge in [-0.3, -0.25) is 4.99 Å². The van der Waals surface area contributed by atoms with Crippen LogP contribution in [0.5, 0.6) is 0 Å². The Morgan fingerprint density at radius 2 is 2.08 bits per heavy atom. The Morgan fingerprint density at radius 1 is 1.31 bits per heavy atom. The highest BCUT2D eigenvalue weighted by atomic mass is 15.2. The molecule has 0 unspecified atom stereocenters. The molecular weight excluding hydrogens is 164 g/mol. The Hall–Kier alpha value is -0.770. The zero-order valence-corrected chi connectivity index (χ0v) is 8.19. The van der Waals surface area contributed by atoms with E-state index in [0.717, 1.165) is 32.1 Å². The topological polar surface area (TPSA) is 48.5 Å². The van der Waals surface area contributed by atoms with Gasteiger partial charge in [0, 0.05) is 12.1 Å². The highest BCUT2D eigenvalue weighted by Gasteiger charge is 2.27. The Bertz CT molecular complexity index is 206. The number of hydrogen-bond donors (Lipinski definition) is 3. The minimum atomic E-state index is 0.238. The average Bonchev–Trinajstić information content (AvgIpc) is 2.57. The fourth-order valence-electron chi connectivity index (χ4n) is 1.87. The SMILES string of the molecule is CC1(NC2=NCCN2)CCNCC1. The van der Waals surface area contributed by atoms with Crippen molar-refractivity contribution in [2.75, 3.05) is 26.2 Å². The molecule has 0 aliphatic carbocycles. The number of hydrogen-bond acceptors (Lipinski definition) is 4. The van der Waals surface area contributed by atoms with E-state index in [2.05, 4.69) is 27.9 Å². The van der Waals surface area contributed by atoms with Crippen LogP contribution in [-0.2, 0) is 0 Å². The second-order valence-corrected chi connectivity index (χ2v) is 4.09. The number of piperidine rings is 1. The van der Waals surface area contributed by atoms with Crippen LogP contribution in [0.3, 0.4) is 0 Å². The summed E-state index contributed by atoms with van der Waals surface area (Å²) >= 11 is 0. The van der Waals surface area contributed by atoms with E-state index in [1.54, 1.807) is 0 Å². The molecule has 1 fully saturated rings. The van der Waals surface area contributed by atoms with Crippen molar-refractivity contribution in [3.8, 4) is 0 Å². The van der Waals surface area contributed by atoms with Gasteiger partial charge in [-0.25, -0.2) is 0 Å². The Balaban J connectivity index is 1.90. The van der Waals surface area contributed by atoms with E-state index in [0.29, 0.717) is 0 Å². The summed E-state index contributed by atoms with van der Waals surface area (Å²) in [5.41, 5.74) is 0.238. The van der Waals surface area contributed by atoms with Crippen molar-refractivity contribution < 1.29 is 0 Å². The number of nitrogens with one attached hydrogen (secondary N) is 3. The third-order valence-corrected chi connectivity index (χ3v) is 2.80. The fourth-order valence-corrected chi connectivity index (χ4v) is 1.87. The van der Waals surface area contributed by atoms with E-state index < -0.39 is 0 Å². The van der Waals surface area contributed by atoms with Crippen molar-refractivity contribution in [1.29, 1.82) is 0 Å². The quantitative estimate of drug-likeness (QED) is 0.521. The summed E-state index contributed by atoms with van der Waals surface area (Å²) in [6.07, 6.45) is 2.35. The summed E-state index contributed by atoms with van der Waals surface area (Å²) in [6, 6.07) is 0. The van der Waals surface area contributed by atoms with Crippen molar-refractivity contribution in [3.63, 3.8) is 0 Å². The number of rotatable bonds is 1. The van der Waals surface area contributed by atoms with E-state index in [-0.39, 0.29) is 5.54 Å². The third-order valence-electron chi connectivity index (χ3n) is 2.80. The maximum atomic E-state index is 4.35. The van der Waals surface area contributed by atoms with E-state index in [9.17, 15) is 0 Å². The van der Waals surface area contributed by atoms with E-state index in [4.69, 9.17) is 0 Å². The normalized spacial score (nSPS) is 26.4. The second-order valence-electron chi connectivity index (χ2n) is 4.09. The Morgan fingerprint density at radius 3 is 2.69 bits per heavy atom. The molecule has 0 amide bonds. The summed E-state index contributed by atoms with van der Waals surface area (Å²) in [5.74, 6) is 0.990. The van der Waals surface area contributed by atoms with E-state index in [1.807, 2.05) is 0 Å². The van der Waals surface area contributed by atoms with Crippen molar-refractivity contribution in [1.82, 2.24) is 16.0 Å². The van der Waals surface area contributed by atoms with Crippen LogP contribution in [0.25, 0.3) is 0 Å². The summed E-state index contributed by atoms with van der Waals surface area (Å²) in [6.45, 7) is 6.39. The molecule has 13 heavy (non-hydrogen) atoms. The van der Waals surface area contributed by atoms with Crippen LogP contribution in [0.2, 0.25) is 0 Å². The standard InChI is InChI=1S/C9H18N4/c1-9(2-4-10-5-3-9)13-8-11-6-7-12-8/h10H,2-7H2,1H3,(H2,11,12,13). The molecule has 0 bridgehead atoms. The fraction of sp³-hybridized carbons (Fsp3) is 0.889. The first kappa shape index (κ1) is 8.81. The molecule has 0 saturated carbocycles. The molecule has 0 atom stereocenters. The predicted octanol–water partition coefficient (Wildman–Crippen LogP) is -0.323. The summed E-state index contributed by atoms with van der Waals surface area (Å²) in [7, 11) is 0. The van der Waals surface area contributed by atoms with Gasteiger partial charge in [-0.15, -0.1) is 0 Å². The molecule has 2 rings (SSSR count). The van der Waals surface area contributed by atoms with Crippen molar-refractivity contribution in [2.24, 2.45) is 4.99 Å². The summed E-state index contributed by atoms with van der Waals surface area (Å²) < 4.78 is 0. The van der Waals surface area contributed by atoms with Gasteiger partial charge >= 0.3 is 0 Å². The van der Waals surface area contributed by atoms with Crippen LogP contribution >= 0.6 is 0 Å². The highest BCUT2D eigenvalue weighted by Crippen LogP contribution is 2.16. The molecule has 3 N–H and O–H groups in total. The average molecular weight is 182 g/mol. The predicted molar refractivity (Wildman–Crippen MR) is 53.9 cm³/mol. The molecule has 74 valence electrons. The lowest BCUT2D eigenvalue weighted by molar-refractivity contribution is 0.303. The van der Waals surface area contributed by atoms with E-state index >= 15 is 0 Å². The molecule has 1 saturated heterocycles. The van der Waals surface area contributed by atoms with Gasteiger partial charge in [-0.05, 0) is 32.9 Å². The lowest BCUT2D eigenvalue weighted by Gasteiger charge is -2.35. The van der Waals surface area contributed by atoms with Gasteiger partial charge in [-0.1, -0.05) is 0 Å². The van der Waals surface area contributed by atoms with Gasteiger partial charge < -0.3 is 16.0 Å². The zero-order chi connectivity index (χ0) is 9.15. The van der Waals surface area contributed by atoms with Crippen LogP contribution in [0.15, 0.2) is 4.99 Å². The molecule has 2 aliphatic heterocycles. The first-order valence-corrected chi connectivity index (χ1v) is 5.06. The molecule has 0 aromatic rings. The van der Waals surface area contributed by atoms with Crippen LogP contribution in [0.1, 0.15) is 19.8 Å². The molecule has 0 radical (unpaired) electrons. The highest BCUT2D eigenvalue weighted by molar-refractivity contribution is 5.81. The van der Waals surface area contributed by atoms with Crippen LogP contribution in [0.4, 0.5) is 0 Å². The molecule has 4 heteroatoms. The van der Waals surface area contributed by atoms with Crippen LogP contribution < -0.4 is 16.0 Å². The molecule has 4 nitrogen and oxygen atoms in total.